The van der Waals surface area contributed by atoms with Gasteiger partial charge in [0.25, 0.3) is 0 Å². The minimum absolute atomic E-state index is 0.203. The zero-order valence-electron chi connectivity index (χ0n) is 8.43. The van der Waals surface area contributed by atoms with Gasteiger partial charge in [-0.1, -0.05) is 12.1 Å². The minimum atomic E-state index is -0.377. The molecule has 0 saturated carbocycles. The van der Waals surface area contributed by atoms with E-state index in [-0.39, 0.29) is 23.7 Å². The Balaban J connectivity index is 2.37. The first-order valence-corrected chi connectivity index (χ1v) is 4.79. The third-order valence-corrected chi connectivity index (χ3v) is 2.91. The molecule has 0 amide bonds. The Morgan fingerprint density at radius 1 is 1.60 bits per heavy atom. The number of aromatic hydroxyl groups is 1. The summed E-state index contributed by atoms with van der Waals surface area (Å²) in [4.78, 5) is 11.4. The molecule has 3 N–H and O–H groups in total. The lowest BCUT2D eigenvalue weighted by molar-refractivity contribution is -0.145. The van der Waals surface area contributed by atoms with Gasteiger partial charge in [-0.3, -0.25) is 4.79 Å². The number of ether oxygens (including phenoxy) is 1. The molecule has 4 heteroatoms. The van der Waals surface area contributed by atoms with Gasteiger partial charge in [-0.05, 0) is 23.6 Å². The van der Waals surface area contributed by atoms with Crippen LogP contribution in [0, 0.1) is 5.92 Å². The van der Waals surface area contributed by atoms with Gasteiger partial charge in [0, 0.05) is 6.04 Å². The van der Waals surface area contributed by atoms with Gasteiger partial charge in [0.05, 0.1) is 13.0 Å². The molecule has 0 fully saturated rings. The molecule has 0 spiro atoms. The normalized spacial score (nSPS) is 23.6. The van der Waals surface area contributed by atoms with Crippen molar-refractivity contribution < 1.29 is 14.6 Å². The molecular formula is C11H13NO3. The van der Waals surface area contributed by atoms with Crippen molar-refractivity contribution in [3.8, 4) is 5.75 Å². The second kappa shape index (κ2) is 3.55. The van der Waals surface area contributed by atoms with Crippen molar-refractivity contribution in [1.82, 2.24) is 0 Å². The van der Waals surface area contributed by atoms with E-state index in [4.69, 9.17) is 5.73 Å². The Bertz CT molecular complexity index is 403. The van der Waals surface area contributed by atoms with Crippen molar-refractivity contribution in [2.75, 3.05) is 7.11 Å². The average Bonchev–Trinajstić information content (AvgIpc) is 2.57. The molecule has 0 heterocycles. The van der Waals surface area contributed by atoms with E-state index in [2.05, 4.69) is 4.74 Å². The lowest BCUT2D eigenvalue weighted by atomic mass is 10.0. The van der Waals surface area contributed by atoms with Gasteiger partial charge in [-0.2, -0.15) is 0 Å². The maximum atomic E-state index is 11.4. The first-order valence-electron chi connectivity index (χ1n) is 4.79. The van der Waals surface area contributed by atoms with E-state index >= 15 is 0 Å². The second-order valence-electron chi connectivity index (χ2n) is 3.70. The molecule has 2 rings (SSSR count). The van der Waals surface area contributed by atoms with E-state index < -0.39 is 0 Å². The number of hydrogen-bond donors (Lipinski definition) is 2. The van der Waals surface area contributed by atoms with Crippen molar-refractivity contribution in [3.63, 3.8) is 0 Å². The summed E-state index contributed by atoms with van der Waals surface area (Å²) < 4.78 is 4.68. The summed E-state index contributed by atoms with van der Waals surface area (Å²) >= 11 is 0. The van der Waals surface area contributed by atoms with Crippen molar-refractivity contribution in [3.05, 3.63) is 29.3 Å². The van der Waals surface area contributed by atoms with Gasteiger partial charge in [-0.25, -0.2) is 0 Å². The van der Waals surface area contributed by atoms with Gasteiger partial charge in [0.1, 0.15) is 5.75 Å². The standard InChI is InChI=1S/C11H13NO3/c1-15-11(14)8-5-7-6(10(8)12)3-2-4-9(7)13/h2-4,8,10,13H,5,12H2,1H3. The van der Waals surface area contributed by atoms with Crippen LogP contribution in [0.3, 0.4) is 0 Å². The molecule has 1 aromatic carbocycles. The largest absolute Gasteiger partial charge is 0.508 e. The number of esters is 1. The lowest BCUT2D eigenvalue weighted by Gasteiger charge is -2.12. The van der Waals surface area contributed by atoms with Crippen LogP contribution in [0.2, 0.25) is 0 Å². The fourth-order valence-corrected chi connectivity index (χ4v) is 2.07. The van der Waals surface area contributed by atoms with E-state index in [1.807, 2.05) is 6.07 Å². The zero-order valence-corrected chi connectivity index (χ0v) is 8.43. The van der Waals surface area contributed by atoms with Crippen LogP contribution in [-0.2, 0) is 16.0 Å². The monoisotopic (exact) mass is 207 g/mol. The molecule has 0 aliphatic heterocycles. The highest BCUT2D eigenvalue weighted by Crippen LogP contribution is 2.39. The van der Waals surface area contributed by atoms with Crippen LogP contribution in [-0.4, -0.2) is 18.2 Å². The van der Waals surface area contributed by atoms with Crippen LogP contribution < -0.4 is 5.73 Å². The smallest absolute Gasteiger partial charge is 0.310 e. The molecule has 1 aliphatic carbocycles. The van der Waals surface area contributed by atoms with Crippen molar-refractivity contribution in [2.45, 2.75) is 12.5 Å². The molecule has 15 heavy (non-hydrogen) atoms. The topological polar surface area (TPSA) is 72.5 Å². The van der Waals surface area contributed by atoms with E-state index in [0.717, 1.165) is 11.1 Å². The maximum absolute atomic E-state index is 11.4. The lowest BCUT2D eigenvalue weighted by Crippen LogP contribution is -2.25. The van der Waals surface area contributed by atoms with E-state index in [9.17, 15) is 9.90 Å². The second-order valence-corrected chi connectivity index (χ2v) is 3.70. The van der Waals surface area contributed by atoms with Gasteiger partial charge >= 0.3 is 5.97 Å². The van der Waals surface area contributed by atoms with Gasteiger partial charge in [0.15, 0.2) is 0 Å². The van der Waals surface area contributed by atoms with Crippen molar-refractivity contribution >= 4 is 5.97 Å². The summed E-state index contributed by atoms with van der Waals surface area (Å²) in [6.45, 7) is 0. The number of fused-ring (bicyclic) bond motifs is 1. The van der Waals surface area contributed by atoms with Crippen LogP contribution in [0.25, 0.3) is 0 Å². The molecule has 2 atom stereocenters. The molecule has 0 aromatic heterocycles. The number of benzene rings is 1. The Kier molecular flexibility index (Phi) is 2.36. The Morgan fingerprint density at radius 3 is 2.93 bits per heavy atom. The summed E-state index contributed by atoms with van der Waals surface area (Å²) in [6, 6.07) is 4.79. The summed E-state index contributed by atoms with van der Waals surface area (Å²) in [7, 11) is 1.35. The summed E-state index contributed by atoms with van der Waals surface area (Å²) in [5, 5.41) is 9.61. The number of methoxy groups -OCH3 is 1. The minimum Gasteiger partial charge on any atom is -0.508 e. The van der Waals surface area contributed by atoms with Crippen LogP contribution in [0.4, 0.5) is 0 Å². The number of phenols is 1. The molecular weight excluding hydrogens is 194 g/mol. The molecule has 4 nitrogen and oxygen atoms in total. The number of rotatable bonds is 1. The fraction of sp³-hybridized carbons (Fsp3) is 0.364. The van der Waals surface area contributed by atoms with Crippen LogP contribution >= 0.6 is 0 Å². The molecule has 0 bridgehead atoms. The Morgan fingerprint density at radius 2 is 2.33 bits per heavy atom. The third kappa shape index (κ3) is 1.47. The number of carbonyl (C=O) groups is 1. The first kappa shape index (κ1) is 9.98. The van der Waals surface area contributed by atoms with Crippen molar-refractivity contribution in [1.29, 1.82) is 0 Å². The highest BCUT2D eigenvalue weighted by Gasteiger charge is 2.36. The molecule has 2 unspecified atom stereocenters. The SMILES string of the molecule is COC(=O)C1Cc2c(O)cccc2C1N. The number of carbonyl (C=O) groups excluding carboxylic acids is 1. The van der Waals surface area contributed by atoms with Gasteiger partial charge in [0.2, 0.25) is 0 Å². The van der Waals surface area contributed by atoms with E-state index in [1.54, 1.807) is 12.1 Å². The highest BCUT2D eigenvalue weighted by molar-refractivity contribution is 5.75. The van der Waals surface area contributed by atoms with E-state index in [0.29, 0.717) is 6.42 Å². The zero-order chi connectivity index (χ0) is 11.0. The summed E-state index contributed by atoms with van der Waals surface area (Å²) in [6.07, 6.45) is 0.454. The van der Waals surface area contributed by atoms with Gasteiger partial charge < -0.3 is 15.6 Å². The van der Waals surface area contributed by atoms with E-state index in [1.165, 1.54) is 7.11 Å². The predicted octanol–water partition coefficient (Wildman–Crippen LogP) is 0.737. The summed E-state index contributed by atoms with van der Waals surface area (Å²) in [5.41, 5.74) is 7.53. The number of nitrogens with two attached hydrogens (primary N) is 1. The van der Waals surface area contributed by atoms with Crippen LogP contribution in [0.1, 0.15) is 17.2 Å². The van der Waals surface area contributed by atoms with Crippen LogP contribution in [0.5, 0.6) is 5.75 Å². The molecule has 1 aromatic rings. The fourth-order valence-electron chi connectivity index (χ4n) is 2.07. The number of hydrogen-bond acceptors (Lipinski definition) is 4. The quantitative estimate of drug-likeness (QED) is 0.666. The molecule has 1 aliphatic rings. The average molecular weight is 207 g/mol. The molecule has 80 valence electrons. The first-order chi connectivity index (χ1) is 7.15. The highest BCUT2D eigenvalue weighted by atomic mass is 16.5. The third-order valence-electron chi connectivity index (χ3n) is 2.91. The van der Waals surface area contributed by atoms with Gasteiger partial charge in [-0.15, -0.1) is 0 Å². The molecule has 0 saturated heterocycles. The molecule has 0 radical (unpaired) electrons. The predicted molar refractivity (Wildman–Crippen MR) is 54.2 cm³/mol. The number of phenolic OH excluding ortho intramolecular Hbond substituents is 1. The summed E-state index contributed by atoms with van der Waals surface area (Å²) in [5.74, 6) is -0.495. The van der Waals surface area contributed by atoms with Crippen molar-refractivity contribution in [2.24, 2.45) is 11.7 Å². The van der Waals surface area contributed by atoms with Crippen LogP contribution in [0.15, 0.2) is 18.2 Å². The Labute approximate surface area is 87.7 Å². The maximum Gasteiger partial charge on any atom is 0.310 e. The Hall–Kier alpha value is -1.55.